The fraction of sp³-hybridized carbons (Fsp3) is 0.455. The van der Waals surface area contributed by atoms with Gasteiger partial charge in [0.25, 0.3) is 0 Å². The lowest BCUT2D eigenvalue weighted by Crippen LogP contribution is -2.13. The van der Waals surface area contributed by atoms with Gasteiger partial charge >= 0.3 is 0 Å². The van der Waals surface area contributed by atoms with Crippen molar-refractivity contribution in [2.45, 2.75) is 31.8 Å². The number of aliphatic hydroxyl groups is 1. The van der Waals surface area contributed by atoms with Crippen LogP contribution in [0.25, 0.3) is 0 Å². The Morgan fingerprint density at radius 1 is 1.43 bits per heavy atom. The second kappa shape index (κ2) is 4.71. The van der Waals surface area contributed by atoms with Gasteiger partial charge in [-0.05, 0) is 38.0 Å². The quantitative estimate of drug-likeness (QED) is 0.829. The summed E-state index contributed by atoms with van der Waals surface area (Å²) in [6.45, 7) is 5.57. The van der Waals surface area contributed by atoms with Crippen LogP contribution in [-0.4, -0.2) is 21.2 Å². The highest BCUT2D eigenvalue weighted by Crippen LogP contribution is 2.15. The molecule has 0 aromatic heterocycles. The Morgan fingerprint density at radius 3 is 2.64 bits per heavy atom. The second-order valence-electron chi connectivity index (χ2n) is 3.63. The van der Waals surface area contributed by atoms with Crippen LogP contribution in [0, 0.1) is 13.8 Å². The molecule has 0 saturated heterocycles. The Balaban J connectivity index is 2.94. The van der Waals surface area contributed by atoms with Gasteiger partial charge in [-0.1, -0.05) is 12.1 Å². The summed E-state index contributed by atoms with van der Waals surface area (Å²) in [4.78, 5) is 0.839. The van der Waals surface area contributed by atoms with Crippen molar-refractivity contribution in [2.24, 2.45) is 0 Å². The zero-order chi connectivity index (χ0) is 10.7. The van der Waals surface area contributed by atoms with Gasteiger partial charge in [-0.25, -0.2) is 0 Å². The molecule has 0 aliphatic carbocycles. The molecule has 0 fully saturated rings. The monoisotopic (exact) mass is 212 g/mol. The summed E-state index contributed by atoms with van der Waals surface area (Å²) in [5.41, 5.74) is 2.12. The maximum atomic E-state index is 11.8. The van der Waals surface area contributed by atoms with E-state index in [1.165, 1.54) is 0 Å². The minimum absolute atomic E-state index is 0.310. The predicted octanol–water partition coefficient (Wildman–Crippen LogP) is 1.79. The average molecular weight is 212 g/mol. The smallest absolute Gasteiger partial charge is 0.0630 e. The van der Waals surface area contributed by atoms with Gasteiger partial charge in [0.05, 0.1) is 22.7 Å². The summed E-state index contributed by atoms with van der Waals surface area (Å²) in [6, 6.07) is 5.89. The van der Waals surface area contributed by atoms with Crippen LogP contribution in [0.3, 0.4) is 0 Å². The molecule has 1 N–H and O–H groups in total. The van der Waals surface area contributed by atoms with E-state index in [-0.39, 0.29) is 0 Å². The third-order valence-corrected chi connectivity index (χ3v) is 3.70. The number of rotatable bonds is 3. The van der Waals surface area contributed by atoms with Crippen LogP contribution in [-0.2, 0) is 10.8 Å². The number of hydrogen-bond acceptors (Lipinski definition) is 2. The van der Waals surface area contributed by atoms with E-state index in [1.807, 2.05) is 32.0 Å². The molecule has 1 rings (SSSR count). The zero-order valence-electron chi connectivity index (χ0n) is 8.78. The van der Waals surface area contributed by atoms with Crippen LogP contribution < -0.4 is 0 Å². The van der Waals surface area contributed by atoms with Crippen molar-refractivity contribution in [3.63, 3.8) is 0 Å². The maximum absolute atomic E-state index is 11.8. The Morgan fingerprint density at radius 2 is 2.07 bits per heavy atom. The molecule has 0 aliphatic rings. The Bertz CT molecular complexity index is 345. The summed E-state index contributed by atoms with van der Waals surface area (Å²) in [5, 5.41) is 9.15. The molecule has 78 valence electrons. The lowest BCUT2D eigenvalue weighted by atomic mass is 10.2. The molecule has 0 amide bonds. The lowest BCUT2D eigenvalue weighted by Gasteiger charge is -2.08. The van der Waals surface area contributed by atoms with Crippen molar-refractivity contribution < 1.29 is 9.32 Å². The maximum Gasteiger partial charge on any atom is 0.0630 e. The van der Waals surface area contributed by atoms with E-state index in [2.05, 4.69) is 0 Å². The molecule has 0 radical (unpaired) electrons. The number of aliphatic hydroxyl groups excluding tert-OH is 1. The standard InChI is InChI=1S/C11H16O2S/c1-8-4-5-9(2)11(6-8)14(13)7-10(3)12/h4-6,10,12H,7H2,1-3H3/t10-,14?/m0/s1. The topological polar surface area (TPSA) is 37.3 Å². The van der Waals surface area contributed by atoms with E-state index in [1.54, 1.807) is 6.92 Å². The predicted molar refractivity (Wildman–Crippen MR) is 58.9 cm³/mol. The zero-order valence-corrected chi connectivity index (χ0v) is 9.60. The van der Waals surface area contributed by atoms with Crippen LogP contribution in [0.1, 0.15) is 18.1 Å². The largest absolute Gasteiger partial charge is 0.392 e. The number of hydrogen-bond donors (Lipinski definition) is 1. The van der Waals surface area contributed by atoms with Gasteiger partial charge in [0, 0.05) is 4.90 Å². The summed E-state index contributed by atoms with van der Waals surface area (Å²) >= 11 is 0. The molecule has 0 heterocycles. The Hall–Kier alpha value is -0.670. The second-order valence-corrected chi connectivity index (χ2v) is 5.09. The normalized spacial score (nSPS) is 15.1. The fourth-order valence-electron chi connectivity index (χ4n) is 1.26. The molecule has 0 aliphatic heterocycles. The fourth-order valence-corrected chi connectivity index (χ4v) is 2.62. The molecule has 3 heteroatoms. The van der Waals surface area contributed by atoms with E-state index in [4.69, 9.17) is 5.11 Å². The van der Waals surface area contributed by atoms with E-state index in [9.17, 15) is 4.21 Å². The first kappa shape index (κ1) is 11.4. The van der Waals surface area contributed by atoms with Crippen LogP contribution >= 0.6 is 0 Å². The van der Waals surface area contributed by atoms with Crippen LogP contribution in [0.5, 0.6) is 0 Å². The molecule has 1 aromatic rings. The van der Waals surface area contributed by atoms with Gasteiger partial charge in [0.2, 0.25) is 0 Å². The lowest BCUT2D eigenvalue weighted by molar-refractivity contribution is 0.219. The van der Waals surface area contributed by atoms with E-state index in [0.717, 1.165) is 16.0 Å². The highest BCUT2D eigenvalue weighted by molar-refractivity contribution is 7.85. The first-order chi connectivity index (χ1) is 6.50. The molecule has 2 nitrogen and oxygen atoms in total. The van der Waals surface area contributed by atoms with Crippen molar-refractivity contribution in [1.82, 2.24) is 0 Å². The van der Waals surface area contributed by atoms with Crippen molar-refractivity contribution in [3.8, 4) is 0 Å². The molecular formula is C11H16O2S. The van der Waals surface area contributed by atoms with Crippen molar-refractivity contribution in [3.05, 3.63) is 29.3 Å². The number of benzene rings is 1. The van der Waals surface area contributed by atoms with Gasteiger partial charge in [-0.2, -0.15) is 0 Å². The molecule has 1 aromatic carbocycles. The summed E-state index contributed by atoms with van der Waals surface area (Å²) in [5.74, 6) is 0.310. The summed E-state index contributed by atoms with van der Waals surface area (Å²) < 4.78 is 11.8. The van der Waals surface area contributed by atoms with E-state index < -0.39 is 16.9 Å². The molecular weight excluding hydrogens is 196 g/mol. The van der Waals surface area contributed by atoms with Crippen molar-refractivity contribution in [2.75, 3.05) is 5.75 Å². The van der Waals surface area contributed by atoms with Gasteiger partial charge in [-0.3, -0.25) is 4.21 Å². The highest BCUT2D eigenvalue weighted by atomic mass is 32.2. The van der Waals surface area contributed by atoms with Crippen LogP contribution in [0.4, 0.5) is 0 Å². The summed E-state index contributed by atoms with van der Waals surface area (Å²) in [7, 11) is -1.09. The first-order valence-electron chi connectivity index (χ1n) is 4.64. The third kappa shape index (κ3) is 2.93. The van der Waals surface area contributed by atoms with Crippen molar-refractivity contribution in [1.29, 1.82) is 0 Å². The third-order valence-electron chi connectivity index (χ3n) is 1.98. The Labute approximate surface area is 87.4 Å². The molecule has 2 atom stereocenters. The minimum atomic E-state index is -1.09. The van der Waals surface area contributed by atoms with E-state index >= 15 is 0 Å². The molecule has 0 spiro atoms. The first-order valence-corrected chi connectivity index (χ1v) is 5.96. The molecule has 0 bridgehead atoms. The minimum Gasteiger partial charge on any atom is -0.392 e. The van der Waals surface area contributed by atoms with Gasteiger partial charge in [-0.15, -0.1) is 0 Å². The van der Waals surface area contributed by atoms with E-state index in [0.29, 0.717) is 5.75 Å². The van der Waals surface area contributed by atoms with Crippen LogP contribution in [0.15, 0.2) is 23.1 Å². The molecule has 0 saturated carbocycles. The SMILES string of the molecule is Cc1ccc(C)c(S(=O)C[C@H](C)O)c1. The number of aryl methyl sites for hydroxylation is 2. The van der Waals surface area contributed by atoms with Crippen LogP contribution in [0.2, 0.25) is 0 Å². The van der Waals surface area contributed by atoms with Gasteiger partial charge in [0.1, 0.15) is 0 Å². The Kier molecular flexibility index (Phi) is 3.84. The van der Waals surface area contributed by atoms with Crippen molar-refractivity contribution >= 4 is 10.8 Å². The van der Waals surface area contributed by atoms with Gasteiger partial charge in [0.15, 0.2) is 0 Å². The highest BCUT2D eigenvalue weighted by Gasteiger charge is 2.09. The summed E-state index contributed by atoms with van der Waals surface area (Å²) in [6.07, 6.45) is -0.518. The average Bonchev–Trinajstić information content (AvgIpc) is 2.08. The molecule has 1 unspecified atom stereocenters. The van der Waals surface area contributed by atoms with Gasteiger partial charge < -0.3 is 5.11 Å². The molecule has 14 heavy (non-hydrogen) atoms.